The molecule has 1 heterocycles. The van der Waals surface area contributed by atoms with Gasteiger partial charge in [-0.1, -0.05) is 12.1 Å². The topological polar surface area (TPSA) is 43.8 Å². The Labute approximate surface area is 124 Å². The van der Waals surface area contributed by atoms with Gasteiger partial charge < -0.3 is 10.0 Å². The summed E-state index contributed by atoms with van der Waals surface area (Å²) in [6, 6.07) is 6.49. The van der Waals surface area contributed by atoms with E-state index in [-0.39, 0.29) is 30.2 Å². The first-order valence-corrected chi connectivity index (χ1v) is 7.56. The molecule has 1 aliphatic carbocycles. The Morgan fingerprint density at radius 3 is 2.48 bits per heavy atom. The molecular formula is C16H21FN2O2. The number of amides is 1. The molecule has 0 spiro atoms. The van der Waals surface area contributed by atoms with Crippen molar-refractivity contribution in [3.05, 3.63) is 35.6 Å². The van der Waals surface area contributed by atoms with Crippen molar-refractivity contribution in [2.24, 2.45) is 5.92 Å². The maximum Gasteiger partial charge on any atom is 0.226 e. The Hall–Kier alpha value is -1.46. The third kappa shape index (κ3) is 3.24. The standard InChI is InChI=1S/C16H21FN2O2/c17-13-3-1-12(2-4-13)14-11-15(14)16(21)19-7-5-18(6-8-19)9-10-20/h1-4,14-15,20H,5-11H2/t14-,15-/m1/s1. The normalized spacial score (nSPS) is 25.9. The molecule has 1 saturated heterocycles. The highest BCUT2D eigenvalue weighted by Gasteiger charge is 2.45. The van der Waals surface area contributed by atoms with E-state index in [1.807, 2.05) is 4.90 Å². The van der Waals surface area contributed by atoms with Gasteiger partial charge in [0.2, 0.25) is 5.91 Å². The van der Waals surface area contributed by atoms with Gasteiger partial charge in [0.05, 0.1) is 6.61 Å². The second-order valence-electron chi connectivity index (χ2n) is 5.89. The second kappa shape index (κ2) is 6.12. The highest BCUT2D eigenvalue weighted by Crippen LogP contribution is 2.48. The van der Waals surface area contributed by atoms with Crippen LogP contribution in [0.15, 0.2) is 24.3 Å². The number of halogens is 1. The van der Waals surface area contributed by atoms with Gasteiger partial charge in [-0.3, -0.25) is 9.69 Å². The molecule has 0 bridgehead atoms. The molecule has 5 heteroatoms. The molecule has 1 amide bonds. The predicted molar refractivity (Wildman–Crippen MR) is 77.4 cm³/mol. The molecule has 2 aliphatic rings. The van der Waals surface area contributed by atoms with Crippen LogP contribution in [-0.4, -0.2) is 60.1 Å². The average Bonchev–Trinajstić information content (AvgIpc) is 3.29. The monoisotopic (exact) mass is 292 g/mol. The molecule has 1 saturated carbocycles. The van der Waals surface area contributed by atoms with Gasteiger partial charge in [0.25, 0.3) is 0 Å². The van der Waals surface area contributed by atoms with E-state index in [2.05, 4.69) is 4.90 Å². The van der Waals surface area contributed by atoms with Gasteiger partial charge in [0, 0.05) is 38.6 Å². The highest BCUT2D eigenvalue weighted by atomic mass is 19.1. The van der Waals surface area contributed by atoms with Crippen molar-refractivity contribution in [1.29, 1.82) is 0 Å². The summed E-state index contributed by atoms with van der Waals surface area (Å²) in [4.78, 5) is 16.6. The van der Waals surface area contributed by atoms with E-state index in [9.17, 15) is 9.18 Å². The van der Waals surface area contributed by atoms with Crippen LogP contribution in [0.1, 0.15) is 17.9 Å². The van der Waals surface area contributed by atoms with E-state index >= 15 is 0 Å². The third-order valence-corrected chi connectivity index (χ3v) is 4.51. The summed E-state index contributed by atoms with van der Waals surface area (Å²) < 4.78 is 12.9. The zero-order valence-corrected chi connectivity index (χ0v) is 12.0. The zero-order chi connectivity index (χ0) is 14.8. The van der Waals surface area contributed by atoms with Crippen LogP contribution in [0.4, 0.5) is 4.39 Å². The molecule has 1 aromatic rings. The van der Waals surface area contributed by atoms with E-state index in [0.29, 0.717) is 6.54 Å². The van der Waals surface area contributed by atoms with Gasteiger partial charge in [-0.2, -0.15) is 0 Å². The first-order chi connectivity index (χ1) is 10.2. The minimum absolute atomic E-state index is 0.0693. The number of carbonyl (C=O) groups is 1. The molecule has 1 aliphatic heterocycles. The number of carbonyl (C=O) groups excluding carboxylic acids is 1. The lowest BCUT2D eigenvalue weighted by atomic mass is 10.1. The molecular weight excluding hydrogens is 271 g/mol. The van der Waals surface area contributed by atoms with Crippen LogP contribution in [0.3, 0.4) is 0 Å². The van der Waals surface area contributed by atoms with Crippen LogP contribution in [0.5, 0.6) is 0 Å². The molecule has 1 aromatic carbocycles. The number of benzene rings is 1. The van der Waals surface area contributed by atoms with Crippen LogP contribution in [0.2, 0.25) is 0 Å². The Morgan fingerprint density at radius 2 is 1.86 bits per heavy atom. The van der Waals surface area contributed by atoms with Gasteiger partial charge in [-0.25, -0.2) is 4.39 Å². The third-order valence-electron chi connectivity index (χ3n) is 4.51. The van der Waals surface area contributed by atoms with Crippen molar-refractivity contribution in [2.75, 3.05) is 39.3 Å². The fourth-order valence-electron chi connectivity index (χ4n) is 3.11. The smallest absolute Gasteiger partial charge is 0.226 e. The van der Waals surface area contributed by atoms with Gasteiger partial charge in [-0.15, -0.1) is 0 Å². The number of aliphatic hydroxyl groups excluding tert-OH is 1. The number of hydrogen-bond donors (Lipinski definition) is 1. The summed E-state index contributed by atoms with van der Waals surface area (Å²) >= 11 is 0. The van der Waals surface area contributed by atoms with E-state index in [1.165, 1.54) is 12.1 Å². The molecule has 0 radical (unpaired) electrons. The number of aliphatic hydroxyl groups is 1. The molecule has 4 nitrogen and oxygen atoms in total. The summed E-state index contributed by atoms with van der Waals surface area (Å²) in [5.74, 6) is 0.323. The van der Waals surface area contributed by atoms with Crippen LogP contribution in [-0.2, 0) is 4.79 Å². The SMILES string of the molecule is O=C([C@@H]1C[C@@H]1c1ccc(F)cc1)N1CCN(CCO)CC1. The maximum atomic E-state index is 12.9. The number of rotatable bonds is 4. The van der Waals surface area contributed by atoms with Crippen molar-refractivity contribution in [2.45, 2.75) is 12.3 Å². The summed E-state index contributed by atoms with van der Waals surface area (Å²) in [6.07, 6.45) is 0.876. The minimum Gasteiger partial charge on any atom is -0.395 e. The van der Waals surface area contributed by atoms with E-state index in [1.54, 1.807) is 12.1 Å². The Balaban J connectivity index is 1.52. The van der Waals surface area contributed by atoms with Crippen molar-refractivity contribution in [1.82, 2.24) is 9.80 Å². The minimum atomic E-state index is -0.234. The summed E-state index contributed by atoms with van der Waals surface area (Å²) in [5.41, 5.74) is 1.06. The molecule has 0 aromatic heterocycles. The molecule has 2 fully saturated rings. The molecule has 21 heavy (non-hydrogen) atoms. The highest BCUT2D eigenvalue weighted by molar-refractivity contribution is 5.83. The average molecular weight is 292 g/mol. The van der Waals surface area contributed by atoms with Crippen LogP contribution >= 0.6 is 0 Å². The van der Waals surface area contributed by atoms with E-state index in [0.717, 1.165) is 38.2 Å². The summed E-state index contributed by atoms with van der Waals surface area (Å²) in [6.45, 7) is 4.00. The summed E-state index contributed by atoms with van der Waals surface area (Å²) in [7, 11) is 0. The number of hydrogen-bond acceptors (Lipinski definition) is 3. The van der Waals surface area contributed by atoms with Gasteiger partial charge >= 0.3 is 0 Å². The van der Waals surface area contributed by atoms with Crippen molar-refractivity contribution >= 4 is 5.91 Å². The first kappa shape index (κ1) is 14.5. The Morgan fingerprint density at radius 1 is 1.19 bits per heavy atom. The number of piperazine rings is 1. The van der Waals surface area contributed by atoms with Crippen LogP contribution < -0.4 is 0 Å². The van der Waals surface area contributed by atoms with Gasteiger partial charge in [-0.05, 0) is 30.0 Å². The molecule has 0 unspecified atom stereocenters. The van der Waals surface area contributed by atoms with Crippen molar-refractivity contribution < 1.29 is 14.3 Å². The van der Waals surface area contributed by atoms with E-state index in [4.69, 9.17) is 5.11 Å². The quantitative estimate of drug-likeness (QED) is 0.902. The fraction of sp³-hybridized carbons (Fsp3) is 0.562. The van der Waals surface area contributed by atoms with Crippen LogP contribution in [0.25, 0.3) is 0 Å². The maximum absolute atomic E-state index is 12.9. The second-order valence-corrected chi connectivity index (χ2v) is 5.89. The first-order valence-electron chi connectivity index (χ1n) is 7.56. The van der Waals surface area contributed by atoms with E-state index < -0.39 is 0 Å². The Kier molecular flexibility index (Phi) is 4.22. The van der Waals surface area contributed by atoms with Crippen LogP contribution in [0, 0.1) is 11.7 Å². The Bertz CT molecular complexity index is 498. The fourth-order valence-corrected chi connectivity index (χ4v) is 3.11. The lowest BCUT2D eigenvalue weighted by Crippen LogP contribution is -2.49. The molecule has 114 valence electrons. The van der Waals surface area contributed by atoms with Crippen molar-refractivity contribution in [3.63, 3.8) is 0 Å². The lowest BCUT2D eigenvalue weighted by Gasteiger charge is -2.34. The number of nitrogens with zero attached hydrogens (tertiary/aromatic N) is 2. The van der Waals surface area contributed by atoms with Gasteiger partial charge in [0.15, 0.2) is 0 Å². The zero-order valence-electron chi connectivity index (χ0n) is 12.0. The number of β-amino-alcohol motifs (C(OH)–C–C–N with tert-alkyl or cyclic N) is 1. The van der Waals surface area contributed by atoms with Gasteiger partial charge in [0.1, 0.15) is 5.82 Å². The predicted octanol–water partition coefficient (Wildman–Crippen LogP) is 1.07. The largest absolute Gasteiger partial charge is 0.395 e. The molecule has 2 atom stereocenters. The summed E-state index contributed by atoms with van der Waals surface area (Å²) in [5, 5.41) is 8.92. The molecule has 3 rings (SSSR count). The molecule has 1 N–H and O–H groups in total. The lowest BCUT2D eigenvalue weighted by molar-refractivity contribution is -0.134. The van der Waals surface area contributed by atoms with Crippen molar-refractivity contribution in [3.8, 4) is 0 Å².